The number of halogens is 1. The largest absolute Gasteiger partial charge is 0.340 e. The molecule has 4 aromatic rings. The maximum absolute atomic E-state index is 13.2. The summed E-state index contributed by atoms with van der Waals surface area (Å²) < 4.78 is 29.1. The lowest BCUT2D eigenvalue weighted by Gasteiger charge is -2.22. The maximum atomic E-state index is 13.2. The first-order chi connectivity index (χ1) is 17.2. The Labute approximate surface area is 217 Å². The van der Waals surface area contributed by atoms with Gasteiger partial charge in [-0.05, 0) is 51.2 Å². The second kappa shape index (κ2) is 9.77. The number of amides is 1. The van der Waals surface area contributed by atoms with Crippen molar-refractivity contribution >= 4 is 50.1 Å². The van der Waals surface area contributed by atoms with Crippen LogP contribution in [0.25, 0.3) is 16.0 Å². The summed E-state index contributed by atoms with van der Waals surface area (Å²) in [6, 6.07) is 6.34. The summed E-state index contributed by atoms with van der Waals surface area (Å²) in [5, 5.41) is 7.87. The molecule has 1 saturated carbocycles. The number of nitrogens with one attached hydrogen (secondary N) is 2. The second-order valence-electron chi connectivity index (χ2n) is 8.87. The van der Waals surface area contributed by atoms with Gasteiger partial charge in [0.2, 0.25) is 10.0 Å². The predicted octanol–water partition coefficient (Wildman–Crippen LogP) is 3.44. The second-order valence-corrected chi connectivity index (χ2v) is 12.3. The van der Waals surface area contributed by atoms with Crippen molar-refractivity contribution in [1.82, 2.24) is 29.8 Å². The molecule has 4 heterocycles. The van der Waals surface area contributed by atoms with E-state index in [1.165, 1.54) is 17.5 Å². The molecule has 1 fully saturated rings. The number of thiazole rings is 1. The van der Waals surface area contributed by atoms with Crippen molar-refractivity contribution in [3.63, 3.8) is 0 Å². The highest BCUT2D eigenvalue weighted by atomic mass is 35.5. The highest BCUT2D eigenvalue weighted by Crippen LogP contribution is 2.32. The van der Waals surface area contributed by atoms with Crippen LogP contribution in [0, 0.1) is 0 Å². The Balaban J connectivity index is 1.36. The Morgan fingerprint density at radius 3 is 2.81 bits per heavy atom. The zero-order valence-electron chi connectivity index (χ0n) is 19.6. The highest BCUT2D eigenvalue weighted by Gasteiger charge is 2.35. The summed E-state index contributed by atoms with van der Waals surface area (Å²) in [4.78, 5) is 24.6. The summed E-state index contributed by atoms with van der Waals surface area (Å²) in [7, 11) is 0.363. The van der Waals surface area contributed by atoms with Crippen LogP contribution >= 0.6 is 22.9 Å². The number of carbonyl (C=O) groups excluding carboxylic acids is 1. The van der Waals surface area contributed by atoms with Gasteiger partial charge in [-0.2, -0.15) is 5.10 Å². The van der Waals surface area contributed by atoms with Crippen molar-refractivity contribution in [3.8, 4) is 10.4 Å². The molecule has 0 aromatic carbocycles. The van der Waals surface area contributed by atoms with E-state index in [9.17, 15) is 13.2 Å². The van der Waals surface area contributed by atoms with E-state index in [2.05, 4.69) is 25.1 Å². The van der Waals surface area contributed by atoms with Gasteiger partial charge in [0.25, 0.3) is 5.91 Å². The standard InChI is InChI=1S/C23H24ClN7O3S2/c1-30(2)13-19(18-10-15(5-7-25-18)29-36(33,34)16-3-4-16)28-22(32)23-26-12-21(35-23)17-11-27-31-8-6-14(24)9-20(17)31/h5-12,16,19H,3-4,13H2,1-2H3,(H,25,29)(H,28,32)/t19-/m0/s1. The molecule has 1 amide bonds. The lowest BCUT2D eigenvalue weighted by atomic mass is 10.1. The number of fused-ring (bicyclic) bond motifs is 1. The first-order valence-electron chi connectivity index (χ1n) is 11.2. The molecule has 1 atom stereocenters. The van der Waals surface area contributed by atoms with E-state index in [1.54, 1.807) is 41.3 Å². The van der Waals surface area contributed by atoms with E-state index in [1.807, 2.05) is 25.1 Å². The molecule has 1 aliphatic rings. The van der Waals surface area contributed by atoms with Crippen LogP contribution in [-0.4, -0.2) is 64.7 Å². The monoisotopic (exact) mass is 545 g/mol. The number of sulfonamides is 1. The number of nitrogens with zero attached hydrogens (tertiary/aromatic N) is 5. The van der Waals surface area contributed by atoms with Crippen LogP contribution < -0.4 is 10.0 Å². The summed E-state index contributed by atoms with van der Waals surface area (Å²) in [6.07, 6.45) is 8.01. The minimum absolute atomic E-state index is 0.292. The molecule has 0 bridgehead atoms. The van der Waals surface area contributed by atoms with Gasteiger partial charge in [0.05, 0.1) is 39.3 Å². The normalized spacial score (nSPS) is 14.8. The molecular weight excluding hydrogens is 522 g/mol. The van der Waals surface area contributed by atoms with Gasteiger partial charge in [0.15, 0.2) is 5.01 Å². The Hall–Kier alpha value is -3.06. The highest BCUT2D eigenvalue weighted by molar-refractivity contribution is 7.93. The smallest absolute Gasteiger partial charge is 0.280 e. The van der Waals surface area contributed by atoms with Crippen molar-refractivity contribution in [3.05, 3.63) is 64.8 Å². The van der Waals surface area contributed by atoms with Gasteiger partial charge in [-0.3, -0.25) is 14.5 Å². The zero-order chi connectivity index (χ0) is 25.4. The molecule has 1 aliphatic carbocycles. The Kier molecular flexibility index (Phi) is 6.68. The molecule has 2 N–H and O–H groups in total. The third kappa shape index (κ3) is 5.36. The fourth-order valence-corrected chi connectivity index (χ4v) is 6.15. The number of rotatable bonds is 9. The van der Waals surface area contributed by atoms with Crippen molar-refractivity contribution < 1.29 is 13.2 Å². The Morgan fingerprint density at radius 2 is 2.06 bits per heavy atom. The van der Waals surface area contributed by atoms with Crippen LogP contribution in [0.15, 0.2) is 49.1 Å². The average molecular weight is 546 g/mol. The van der Waals surface area contributed by atoms with E-state index >= 15 is 0 Å². The number of likely N-dealkylation sites (N-methyl/N-ethyl adjacent to an activating group) is 1. The number of carbonyl (C=O) groups is 1. The van der Waals surface area contributed by atoms with E-state index in [0.717, 1.165) is 16.0 Å². The first-order valence-corrected chi connectivity index (χ1v) is 14.0. The molecule has 0 unspecified atom stereocenters. The van der Waals surface area contributed by atoms with Crippen molar-refractivity contribution in [2.24, 2.45) is 0 Å². The molecule has 5 rings (SSSR count). The summed E-state index contributed by atoms with van der Waals surface area (Å²) in [6.45, 7) is 0.461. The van der Waals surface area contributed by atoms with Crippen LogP contribution in [-0.2, 0) is 10.0 Å². The topological polar surface area (TPSA) is 122 Å². The van der Waals surface area contributed by atoms with Gasteiger partial charge >= 0.3 is 0 Å². The average Bonchev–Trinajstić information content (AvgIpc) is 3.45. The molecule has 4 aromatic heterocycles. The lowest BCUT2D eigenvalue weighted by Crippen LogP contribution is -2.35. The minimum atomic E-state index is -3.41. The quantitative estimate of drug-likeness (QED) is 0.330. The SMILES string of the molecule is CN(C)C[C@H](NC(=O)c1ncc(-c2cnn3ccc(Cl)cc23)s1)c1cc(NS(=O)(=O)C2CC2)ccn1. The number of aromatic nitrogens is 4. The number of anilines is 1. The number of pyridine rings is 2. The molecule has 13 heteroatoms. The molecule has 0 spiro atoms. The lowest BCUT2D eigenvalue weighted by molar-refractivity contribution is 0.0928. The van der Waals surface area contributed by atoms with Gasteiger partial charge in [0.1, 0.15) is 0 Å². The van der Waals surface area contributed by atoms with E-state index in [4.69, 9.17) is 11.6 Å². The Morgan fingerprint density at radius 1 is 1.25 bits per heavy atom. The van der Waals surface area contributed by atoms with Crippen LogP contribution in [0.1, 0.15) is 34.4 Å². The van der Waals surface area contributed by atoms with Crippen LogP contribution in [0.2, 0.25) is 5.02 Å². The molecule has 0 aliphatic heterocycles. The fourth-order valence-electron chi connectivity index (χ4n) is 3.77. The van der Waals surface area contributed by atoms with Crippen molar-refractivity contribution in [2.75, 3.05) is 25.4 Å². The fraction of sp³-hybridized carbons (Fsp3) is 0.304. The van der Waals surface area contributed by atoms with Gasteiger partial charge in [-0.1, -0.05) is 11.6 Å². The molecule has 36 heavy (non-hydrogen) atoms. The molecular formula is C23H24ClN7O3S2. The van der Waals surface area contributed by atoms with Crippen molar-refractivity contribution in [2.45, 2.75) is 24.1 Å². The zero-order valence-corrected chi connectivity index (χ0v) is 21.9. The van der Waals surface area contributed by atoms with Crippen LogP contribution in [0.4, 0.5) is 5.69 Å². The van der Waals surface area contributed by atoms with Gasteiger partial charge in [-0.25, -0.2) is 17.9 Å². The number of hydrogen-bond acceptors (Lipinski definition) is 8. The summed E-state index contributed by atoms with van der Waals surface area (Å²) >= 11 is 7.40. The first kappa shape index (κ1) is 24.6. The molecule has 0 saturated heterocycles. The number of hydrogen-bond donors (Lipinski definition) is 2. The summed E-state index contributed by atoms with van der Waals surface area (Å²) in [5.74, 6) is -0.349. The van der Waals surface area contributed by atoms with Gasteiger partial charge < -0.3 is 10.2 Å². The van der Waals surface area contributed by atoms with E-state index < -0.39 is 16.1 Å². The third-order valence-corrected chi connectivity index (χ3v) is 8.80. The maximum Gasteiger partial charge on any atom is 0.280 e. The van der Waals surface area contributed by atoms with Crippen LogP contribution in [0.5, 0.6) is 0 Å². The van der Waals surface area contributed by atoms with Crippen molar-refractivity contribution in [1.29, 1.82) is 0 Å². The van der Waals surface area contributed by atoms with Gasteiger partial charge in [-0.15, -0.1) is 11.3 Å². The van der Waals surface area contributed by atoms with E-state index in [-0.39, 0.29) is 11.2 Å². The van der Waals surface area contributed by atoms with Crippen LogP contribution in [0.3, 0.4) is 0 Å². The Bertz CT molecular complexity index is 1530. The minimum Gasteiger partial charge on any atom is -0.340 e. The summed E-state index contributed by atoms with van der Waals surface area (Å²) in [5.41, 5.74) is 2.62. The van der Waals surface area contributed by atoms with Gasteiger partial charge in [0, 0.05) is 35.7 Å². The molecule has 10 nitrogen and oxygen atoms in total. The van der Waals surface area contributed by atoms with E-state index in [0.29, 0.717) is 40.8 Å². The third-order valence-electron chi connectivity index (χ3n) is 5.66. The predicted molar refractivity (Wildman–Crippen MR) is 140 cm³/mol. The molecule has 0 radical (unpaired) electrons. The molecule has 188 valence electrons.